The van der Waals surface area contributed by atoms with Crippen molar-refractivity contribution < 1.29 is 14.3 Å². The molecule has 0 heterocycles. The third-order valence-corrected chi connectivity index (χ3v) is 3.55. The fourth-order valence-electron chi connectivity index (χ4n) is 2.21. The van der Waals surface area contributed by atoms with Gasteiger partial charge in [-0.3, -0.25) is 4.79 Å². The van der Waals surface area contributed by atoms with E-state index in [0.717, 1.165) is 18.6 Å². The Bertz CT molecular complexity index is 628. The predicted molar refractivity (Wildman–Crippen MR) is 96.6 cm³/mol. The standard InChI is InChI=1S/C20H25NO3/c1-3-5-14-23-18-13-9-10-16(15-18)21-20(22)19(4-2)24-17-11-7-6-8-12-17/h6-13,15,19H,3-5,14H2,1-2H3,(H,21,22). The number of hydrogen-bond acceptors (Lipinski definition) is 3. The second kappa shape index (κ2) is 9.60. The molecule has 2 aromatic rings. The van der Waals surface area contributed by atoms with E-state index in [2.05, 4.69) is 12.2 Å². The van der Waals surface area contributed by atoms with Gasteiger partial charge in [0.25, 0.3) is 5.91 Å². The summed E-state index contributed by atoms with van der Waals surface area (Å²) >= 11 is 0. The Kier molecular flexibility index (Phi) is 7.15. The first-order valence-corrected chi connectivity index (χ1v) is 8.48. The van der Waals surface area contributed by atoms with E-state index in [4.69, 9.17) is 9.47 Å². The fourth-order valence-corrected chi connectivity index (χ4v) is 2.21. The Morgan fingerprint density at radius 2 is 1.79 bits per heavy atom. The normalized spacial score (nSPS) is 11.6. The number of carbonyl (C=O) groups is 1. The summed E-state index contributed by atoms with van der Waals surface area (Å²) in [5, 5.41) is 2.90. The zero-order chi connectivity index (χ0) is 17.2. The number of unbranched alkanes of at least 4 members (excludes halogenated alkanes) is 1. The SMILES string of the molecule is CCCCOc1cccc(NC(=O)C(CC)Oc2ccccc2)c1. The highest BCUT2D eigenvalue weighted by molar-refractivity contribution is 5.94. The third-order valence-electron chi connectivity index (χ3n) is 3.55. The molecule has 0 spiro atoms. The number of benzene rings is 2. The van der Waals surface area contributed by atoms with Gasteiger partial charge in [0, 0.05) is 11.8 Å². The molecule has 24 heavy (non-hydrogen) atoms. The second-order valence-corrected chi connectivity index (χ2v) is 5.55. The maximum Gasteiger partial charge on any atom is 0.265 e. The summed E-state index contributed by atoms with van der Waals surface area (Å²) in [6.45, 7) is 4.73. The van der Waals surface area contributed by atoms with E-state index in [1.807, 2.05) is 61.5 Å². The Hall–Kier alpha value is -2.49. The molecule has 0 aliphatic heterocycles. The molecule has 2 rings (SSSR count). The van der Waals surface area contributed by atoms with Crippen LogP contribution in [0.2, 0.25) is 0 Å². The molecule has 0 saturated carbocycles. The van der Waals surface area contributed by atoms with Crippen molar-refractivity contribution in [3.8, 4) is 11.5 Å². The average molecular weight is 327 g/mol. The summed E-state index contributed by atoms with van der Waals surface area (Å²) in [5.41, 5.74) is 0.712. The van der Waals surface area contributed by atoms with E-state index < -0.39 is 6.10 Å². The minimum absolute atomic E-state index is 0.160. The molecular weight excluding hydrogens is 302 g/mol. The predicted octanol–water partition coefficient (Wildman–Crippen LogP) is 4.66. The minimum Gasteiger partial charge on any atom is -0.494 e. The van der Waals surface area contributed by atoms with Gasteiger partial charge in [-0.2, -0.15) is 0 Å². The molecule has 1 unspecified atom stereocenters. The number of ether oxygens (including phenoxy) is 2. The molecule has 0 bridgehead atoms. The number of amides is 1. The number of rotatable bonds is 9. The molecule has 4 heteroatoms. The topological polar surface area (TPSA) is 47.6 Å². The number of hydrogen-bond donors (Lipinski definition) is 1. The van der Waals surface area contributed by atoms with Gasteiger partial charge in [-0.15, -0.1) is 0 Å². The summed E-state index contributed by atoms with van der Waals surface area (Å²) in [5.74, 6) is 1.29. The van der Waals surface area contributed by atoms with Crippen LogP contribution < -0.4 is 14.8 Å². The fraction of sp³-hybridized carbons (Fsp3) is 0.350. The first-order valence-electron chi connectivity index (χ1n) is 8.48. The molecule has 0 radical (unpaired) electrons. The Morgan fingerprint density at radius 1 is 1.04 bits per heavy atom. The second-order valence-electron chi connectivity index (χ2n) is 5.55. The first-order chi connectivity index (χ1) is 11.7. The summed E-state index contributed by atoms with van der Waals surface area (Å²) in [6, 6.07) is 16.8. The van der Waals surface area contributed by atoms with E-state index in [0.29, 0.717) is 24.5 Å². The van der Waals surface area contributed by atoms with E-state index in [1.165, 1.54) is 0 Å². The van der Waals surface area contributed by atoms with E-state index in [9.17, 15) is 4.79 Å². The Labute approximate surface area is 143 Å². The van der Waals surface area contributed by atoms with Crippen LogP contribution in [-0.2, 0) is 4.79 Å². The van der Waals surface area contributed by atoms with E-state index >= 15 is 0 Å². The molecule has 1 amide bonds. The van der Waals surface area contributed by atoms with Crippen molar-refractivity contribution >= 4 is 11.6 Å². The van der Waals surface area contributed by atoms with Crippen LogP contribution in [-0.4, -0.2) is 18.6 Å². The van der Waals surface area contributed by atoms with Crippen molar-refractivity contribution in [2.45, 2.75) is 39.2 Å². The maximum atomic E-state index is 12.4. The lowest BCUT2D eigenvalue weighted by atomic mass is 10.2. The highest BCUT2D eigenvalue weighted by atomic mass is 16.5. The van der Waals surface area contributed by atoms with Gasteiger partial charge in [0.1, 0.15) is 11.5 Å². The molecule has 4 nitrogen and oxygen atoms in total. The van der Waals surface area contributed by atoms with Crippen LogP contribution in [0, 0.1) is 0 Å². The zero-order valence-corrected chi connectivity index (χ0v) is 14.3. The molecule has 1 atom stereocenters. The minimum atomic E-state index is -0.530. The maximum absolute atomic E-state index is 12.4. The number of anilines is 1. The van der Waals surface area contributed by atoms with E-state index in [-0.39, 0.29) is 5.91 Å². The quantitative estimate of drug-likeness (QED) is 0.681. The molecule has 2 aromatic carbocycles. The van der Waals surface area contributed by atoms with Crippen LogP contribution in [0.5, 0.6) is 11.5 Å². The largest absolute Gasteiger partial charge is 0.494 e. The highest BCUT2D eigenvalue weighted by Crippen LogP contribution is 2.19. The van der Waals surface area contributed by atoms with Gasteiger partial charge in [0.2, 0.25) is 0 Å². The van der Waals surface area contributed by atoms with Crippen molar-refractivity contribution in [2.24, 2.45) is 0 Å². The van der Waals surface area contributed by atoms with Crippen molar-refractivity contribution in [3.05, 3.63) is 54.6 Å². The van der Waals surface area contributed by atoms with Crippen molar-refractivity contribution in [3.63, 3.8) is 0 Å². The summed E-state index contributed by atoms with van der Waals surface area (Å²) in [7, 11) is 0. The summed E-state index contributed by atoms with van der Waals surface area (Å²) in [4.78, 5) is 12.4. The highest BCUT2D eigenvalue weighted by Gasteiger charge is 2.18. The van der Waals surface area contributed by atoms with Crippen LogP contribution in [0.3, 0.4) is 0 Å². The molecule has 0 saturated heterocycles. The number of carbonyl (C=O) groups excluding carboxylic acids is 1. The van der Waals surface area contributed by atoms with Gasteiger partial charge in [0.15, 0.2) is 6.10 Å². The van der Waals surface area contributed by atoms with Crippen molar-refractivity contribution in [2.75, 3.05) is 11.9 Å². The van der Waals surface area contributed by atoms with Crippen LogP contribution >= 0.6 is 0 Å². The monoisotopic (exact) mass is 327 g/mol. The van der Waals surface area contributed by atoms with Crippen LogP contribution in [0.4, 0.5) is 5.69 Å². The van der Waals surface area contributed by atoms with Crippen molar-refractivity contribution in [1.82, 2.24) is 0 Å². The molecule has 128 valence electrons. The lowest BCUT2D eigenvalue weighted by molar-refractivity contribution is -0.122. The first kappa shape index (κ1) is 17.9. The van der Waals surface area contributed by atoms with Crippen LogP contribution in [0.25, 0.3) is 0 Å². The molecule has 1 N–H and O–H groups in total. The summed E-state index contributed by atoms with van der Waals surface area (Å²) < 4.78 is 11.4. The molecule has 0 aliphatic carbocycles. The van der Waals surface area contributed by atoms with E-state index in [1.54, 1.807) is 0 Å². The molecule has 0 aromatic heterocycles. The van der Waals surface area contributed by atoms with Gasteiger partial charge in [-0.05, 0) is 37.1 Å². The lowest BCUT2D eigenvalue weighted by Gasteiger charge is -2.17. The van der Waals surface area contributed by atoms with Crippen LogP contribution in [0.1, 0.15) is 33.1 Å². The zero-order valence-electron chi connectivity index (χ0n) is 14.3. The van der Waals surface area contributed by atoms with Gasteiger partial charge in [-0.25, -0.2) is 0 Å². The van der Waals surface area contributed by atoms with Gasteiger partial charge >= 0.3 is 0 Å². The Morgan fingerprint density at radius 3 is 2.50 bits per heavy atom. The molecule has 0 fully saturated rings. The number of nitrogens with one attached hydrogen (secondary N) is 1. The molecular formula is C20H25NO3. The lowest BCUT2D eigenvalue weighted by Crippen LogP contribution is -2.32. The summed E-state index contributed by atoms with van der Waals surface area (Å²) in [6.07, 6.45) is 2.16. The van der Waals surface area contributed by atoms with Gasteiger partial charge < -0.3 is 14.8 Å². The van der Waals surface area contributed by atoms with Crippen LogP contribution in [0.15, 0.2) is 54.6 Å². The number of para-hydroxylation sites is 1. The Balaban J connectivity index is 1.95. The van der Waals surface area contributed by atoms with Crippen molar-refractivity contribution in [1.29, 1.82) is 0 Å². The average Bonchev–Trinajstić information content (AvgIpc) is 2.61. The van der Waals surface area contributed by atoms with Gasteiger partial charge in [0.05, 0.1) is 6.61 Å². The molecule has 0 aliphatic rings. The third kappa shape index (κ3) is 5.61. The smallest absolute Gasteiger partial charge is 0.265 e. The van der Waals surface area contributed by atoms with Gasteiger partial charge in [-0.1, -0.05) is 44.5 Å².